The lowest BCUT2D eigenvalue weighted by Gasteiger charge is -2.12. The normalized spacial score (nSPS) is 11.4. The summed E-state index contributed by atoms with van der Waals surface area (Å²) in [6.45, 7) is -0.0840. The Bertz CT molecular complexity index is 782. The Kier molecular flexibility index (Phi) is 4.60. The topological polar surface area (TPSA) is 72.2 Å². The zero-order valence-corrected chi connectivity index (χ0v) is 13.0. The Hall–Kier alpha value is -1.51. The van der Waals surface area contributed by atoms with Crippen LogP contribution < -0.4 is 10.5 Å². The minimum absolute atomic E-state index is 0.0840. The molecule has 0 aromatic heterocycles. The third kappa shape index (κ3) is 3.58. The maximum absolute atomic E-state index is 13.7. The average Bonchev–Trinajstić information content (AvgIpc) is 2.42. The van der Waals surface area contributed by atoms with Gasteiger partial charge in [-0.1, -0.05) is 22.0 Å². The van der Waals surface area contributed by atoms with E-state index in [1.165, 1.54) is 18.2 Å². The van der Waals surface area contributed by atoms with Crippen molar-refractivity contribution >= 4 is 31.6 Å². The molecule has 2 rings (SSSR count). The number of sulfonamides is 1. The SMILES string of the molecule is NCc1ccc(F)cc1S(=O)(=O)Nc1ccc(Br)cc1F. The van der Waals surface area contributed by atoms with Crippen LogP contribution in [-0.4, -0.2) is 8.42 Å². The van der Waals surface area contributed by atoms with Gasteiger partial charge in [-0.2, -0.15) is 0 Å². The molecule has 0 fully saturated rings. The third-order valence-corrected chi connectivity index (χ3v) is 4.66. The van der Waals surface area contributed by atoms with Gasteiger partial charge in [0.15, 0.2) is 0 Å². The van der Waals surface area contributed by atoms with Gasteiger partial charge < -0.3 is 5.73 Å². The Balaban J connectivity index is 2.45. The van der Waals surface area contributed by atoms with Crippen molar-refractivity contribution in [3.05, 3.63) is 58.1 Å². The van der Waals surface area contributed by atoms with Crippen LogP contribution in [0.15, 0.2) is 45.8 Å². The highest BCUT2D eigenvalue weighted by Gasteiger charge is 2.20. The largest absolute Gasteiger partial charge is 0.326 e. The fraction of sp³-hybridized carbons (Fsp3) is 0.0769. The van der Waals surface area contributed by atoms with Gasteiger partial charge in [0.2, 0.25) is 0 Å². The van der Waals surface area contributed by atoms with E-state index >= 15 is 0 Å². The van der Waals surface area contributed by atoms with E-state index in [4.69, 9.17) is 5.73 Å². The maximum atomic E-state index is 13.7. The molecule has 2 aromatic carbocycles. The number of nitrogens with two attached hydrogens (primary N) is 1. The van der Waals surface area contributed by atoms with Crippen molar-refractivity contribution < 1.29 is 17.2 Å². The molecule has 0 atom stereocenters. The van der Waals surface area contributed by atoms with Crippen LogP contribution in [0.25, 0.3) is 0 Å². The summed E-state index contributed by atoms with van der Waals surface area (Å²) in [7, 11) is -4.14. The Labute approximate surface area is 129 Å². The smallest absolute Gasteiger partial charge is 0.262 e. The van der Waals surface area contributed by atoms with Crippen molar-refractivity contribution in [1.82, 2.24) is 0 Å². The first-order chi connectivity index (χ1) is 9.83. The zero-order chi connectivity index (χ0) is 15.6. The molecule has 0 saturated carbocycles. The van der Waals surface area contributed by atoms with Crippen LogP contribution in [0, 0.1) is 11.6 Å². The monoisotopic (exact) mass is 376 g/mol. The summed E-state index contributed by atoms with van der Waals surface area (Å²) in [6, 6.07) is 7.10. The quantitative estimate of drug-likeness (QED) is 0.861. The second kappa shape index (κ2) is 6.08. The van der Waals surface area contributed by atoms with Gasteiger partial charge in [-0.15, -0.1) is 0 Å². The molecule has 21 heavy (non-hydrogen) atoms. The molecule has 8 heteroatoms. The highest BCUT2D eigenvalue weighted by atomic mass is 79.9. The first kappa shape index (κ1) is 15.9. The predicted molar refractivity (Wildman–Crippen MR) is 79.2 cm³/mol. The van der Waals surface area contributed by atoms with E-state index < -0.39 is 21.7 Å². The van der Waals surface area contributed by atoms with E-state index in [1.807, 2.05) is 0 Å². The Morgan fingerprint density at radius 3 is 2.48 bits per heavy atom. The number of anilines is 1. The van der Waals surface area contributed by atoms with Crippen LogP contribution in [0.2, 0.25) is 0 Å². The van der Waals surface area contributed by atoms with Gasteiger partial charge in [-0.25, -0.2) is 17.2 Å². The van der Waals surface area contributed by atoms with Crippen molar-refractivity contribution in [1.29, 1.82) is 0 Å². The van der Waals surface area contributed by atoms with Crippen LogP contribution in [0.4, 0.5) is 14.5 Å². The molecule has 0 spiro atoms. The molecular weight excluding hydrogens is 366 g/mol. The average molecular weight is 377 g/mol. The van der Waals surface area contributed by atoms with Crippen LogP contribution in [0.5, 0.6) is 0 Å². The third-order valence-electron chi connectivity index (χ3n) is 2.71. The standard InChI is InChI=1S/C13H11BrF2N2O2S/c14-9-2-4-12(11(16)5-9)18-21(19,20)13-6-10(15)3-1-8(13)7-17/h1-6,18H,7,17H2. The number of nitrogens with one attached hydrogen (secondary N) is 1. The zero-order valence-electron chi connectivity index (χ0n) is 10.6. The first-order valence-corrected chi connectivity index (χ1v) is 8.07. The van der Waals surface area contributed by atoms with Crippen LogP contribution in [-0.2, 0) is 16.6 Å². The van der Waals surface area contributed by atoms with E-state index in [1.54, 1.807) is 0 Å². The fourth-order valence-electron chi connectivity index (χ4n) is 1.72. The van der Waals surface area contributed by atoms with Gasteiger partial charge in [0.1, 0.15) is 11.6 Å². The molecule has 4 nitrogen and oxygen atoms in total. The van der Waals surface area contributed by atoms with Gasteiger partial charge in [0.05, 0.1) is 10.6 Å². The minimum Gasteiger partial charge on any atom is -0.326 e. The minimum atomic E-state index is -4.14. The highest BCUT2D eigenvalue weighted by Crippen LogP contribution is 2.24. The van der Waals surface area contributed by atoms with Gasteiger partial charge in [-0.3, -0.25) is 4.72 Å². The highest BCUT2D eigenvalue weighted by molar-refractivity contribution is 9.10. The molecule has 3 N–H and O–H groups in total. The molecular formula is C13H11BrF2N2O2S. The van der Waals surface area contributed by atoms with Gasteiger partial charge in [0.25, 0.3) is 10.0 Å². The molecule has 0 bridgehead atoms. The molecule has 0 amide bonds. The molecule has 0 aliphatic carbocycles. The lowest BCUT2D eigenvalue weighted by molar-refractivity contribution is 0.591. The molecule has 2 aromatic rings. The Morgan fingerprint density at radius 1 is 1.14 bits per heavy atom. The lowest BCUT2D eigenvalue weighted by Crippen LogP contribution is -2.17. The van der Waals surface area contributed by atoms with Crippen molar-refractivity contribution in [2.75, 3.05) is 4.72 Å². The van der Waals surface area contributed by atoms with E-state index in [2.05, 4.69) is 20.7 Å². The second-order valence-electron chi connectivity index (χ2n) is 4.19. The maximum Gasteiger partial charge on any atom is 0.262 e. The number of halogens is 3. The molecule has 0 aliphatic rings. The summed E-state index contributed by atoms with van der Waals surface area (Å²) in [5.74, 6) is -1.47. The molecule has 0 aliphatic heterocycles. The van der Waals surface area contributed by atoms with Crippen LogP contribution in [0.3, 0.4) is 0 Å². The van der Waals surface area contributed by atoms with E-state index in [0.717, 1.165) is 18.2 Å². The summed E-state index contributed by atoms with van der Waals surface area (Å²) in [6.07, 6.45) is 0. The lowest BCUT2D eigenvalue weighted by atomic mass is 10.2. The number of hydrogen-bond donors (Lipinski definition) is 2. The number of rotatable bonds is 4. The molecule has 0 heterocycles. The van der Waals surface area contributed by atoms with E-state index in [-0.39, 0.29) is 22.7 Å². The van der Waals surface area contributed by atoms with E-state index in [0.29, 0.717) is 4.47 Å². The molecule has 0 saturated heterocycles. The van der Waals surface area contributed by atoms with Gasteiger partial charge in [0, 0.05) is 11.0 Å². The van der Waals surface area contributed by atoms with Crippen molar-refractivity contribution in [2.45, 2.75) is 11.4 Å². The summed E-state index contributed by atoms with van der Waals surface area (Å²) in [5, 5.41) is 0. The number of benzene rings is 2. The van der Waals surface area contributed by atoms with Crippen molar-refractivity contribution in [3.8, 4) is 0 Å². The summed E-state index contributed by atoms with van der Waals surface area (Å²) in [5.41, 5.74) is 5.45. The molecule has 0 radical (unpaired) electrons. The number of hydrogen-bond acceptors (Lipinski definition) is 3. The van der Waals surface area contributed by atoms with Crippen LogP contribution >= 0.6 is 15.9 Å². The fourth-order valence-corrected chi connectivity index (χ4v) is 3.38. The predicted octanol–water partition coefficient (Wildman–Crippen LogP) is 2.99. The van der Waals surface area contributed by atoms with Gasteiger partial charge in [-0.05, 0) is 35.9 Å². The van der Waals surface area contributed by atoms with Crippen molar-refractivity contribution in [3.63, 3.8) is 0 Å². The molecule has 0 unspecified atom stereocenters. The Morgan fingerprint density at radius 2 is 1.86 bits per heavy atom. The van der Waals surface area contributed by atoms with Crippen LogP contribution in [0.1, 0.15) is 5.56 Å². The second-order valence-corrected chi connectivity index (χ2v) is 6.75. The van der Waals surface area contributed by atoms with Crippen molar-refractivity contribution in [2.24, 2.45) is 5.73 Å². The van der Waals surface area contributed by atoms with Gasteiger partial charge >= 0.3 is 0 Å². The summed E-state index contributed by atoms with van der Waals surface area (Å²) in [4.78, 5) is -0.313. The first-order valence-electron chi connectivity index (χ1n) is 5.80. The van der Waals surface area contributed by atoms with E-state index in [9.17, 15) is 17.2 Å². The summed E-state index contributed by atoms with van der Waals surface area (Å²) < 4.78 is 54.0. The molecule has 112 valence electrons. The summed E-state index contributed by atoms with van der Waals surface area (Å²) >= 11 is 3.07.